The fraction of sp³-hybridized carbons (Fsp3) is 0.857. The first-order valence-corrected chi connectivity index (χ1v) is 3.43. The van der Waals surface area contributed by atoms with Crippen LogP contribution in [0.2, 0.25) is 0 Å². The van der Waals surface area contributed by atoms with Crippen molar-refractivity contribution in [2.24, 2.45) is 0 Å². The molecule has 0 atom stereocenters. The monoisotopic (exact) mass is 126 g/mol. The van der Waals surface area contributed by atoms with Gasteiger partial charge >= 0.3 is 0 Å². The van der Waals surface area contributed by atoms with Crippen molar-refractivity contribution in [2.45, 2.75) is 38.5 Å². The summed E-state index contributed by atoms with van der Waals surface area (Å²) in [5.41, 5.74) is 0. The van der Waals surface area contributed by atoms with Gasteiger partial charge in [-0.1, -0.05) is 38.5 Å². The zero-order chi connectivity index (χ0) is 6.95. The first-order chi connectivity index (χ1) is 4.41. The summed E-state index contributed by atoms with van der Waals surface area (Å²) in [6.45, 7) is 0. The lowest BCUT2D eigenvalue weighted by Gasteiger charge is -2.05. The van der Waals surface area contributed by atoms with E-state index >= 15 is 0 Å². The summed E-state index contributed by atoms with van der Waals surface area (Å²) >= 11 is 0. The Kier molecular flexibility index (Phi) is 6.87. The average Bonchev–Trinajstić information content (AvgIpc) is 1.93. The summed E-state index contributed by atoms with van der Waals surface area (Å²) in [6.07, 6.45) is 9.50. The summed E-state index contributed by atoms with van der Waals surface area (Å²) in [5.74, 6) is 0. The van der Waals surface area contributed by atoms with Gasteiger partial charge in [0.15, 0.2) is 0 Å². The fourth-order valence-electron chi connectivity index (χ4n) is 1.06. The summed E-state index contributed by atoms with van der Waals surface area (Å²) in [4.78, 5) is 8.24. The molecule has 9 heavy (non-hydrogen) atoms. The van der Waals surface area contributed by atoms with E-state index in [2.05, 4.69) is 0 Å². The molecule has 52 valence electrons. The zero-order valence-corrected chi connectivity index (χ0v) is 5.60. The molecule has 1 aliphatic rings. The summed E-state index contributed by atoms with van der Waals surface area (Å²) in [5, 5.41) is 6.76. The van der Waals surface area contributed by atoms with Gasteiger partial charge in [0.1, 0.15) is 0 Å². The van der Waals surface area contributed by atoms with Crippen LogP contribution in [0, 0.1) is 0 Å². The van der Waals surface area contributed by atoms with E-state index in [0.717, 1.165) is 0 Å². The minimum atomic E-state index is 0.500. The number of carbonyl (C=O) groups excluding carboxylic acids is 1. The van der Waals surface area contributed by atoms with Gasteiger partial charge in [-0.25, -0.2) is 0 Å². The van der Waals surface area contributed by atoms with Crippen molar-refractivity contribution in [1.82, 2.24) is 0 Å². The van der Waals surface area contributed by atoms with E-state index in [1.54, 1.807) is 0 Å². The Balaban J connectivity index is 0.000000187. The van der Waals surface area contributed by atoms with E-state index in [-0.39, 0.29) is 0 Å². The molecule has 1 aliphatic carbocycles. The van der Waals surface area contributed by atoms with Gasteiger partial charge in [0.2, 0.25) is 0 Å². The van der Waals surface area contributed by atoms with Crippen molar-refractivity contribution in [3.05, 3.63) is 5.41 Å². The Bertz CT molecular complexity index is 69.4. The molecule has 0 unspecified atom stereocenters. The van der Waals surface area contributed by atoms with Crippen molar-refractivity contribution in [2.75, 3.05) is 0 Å². The highest BCUT2D eigenvalue weighted by molar-refractivity contribution is 5.36. The van der Waals surface area contributed by atoms with Gasteiger partial charge in [-0.05, 0) is 6.08 Å². The molecule has 0 saturated heterocycles. The topological polar surface area (TPSA) is 39.4 Å². The maximum Gasteiger partial charge on any atom is -0.0159 e. The number of hydrogen-bond donors (Lipinski definition) is 0. The number of isocyanates is 1. The highest BCUT2D eigenvalue weighted by atomic mass is 16.1. The standard InChI is InChI=1S/C6H12.CNO/c1-2-4-6-5-3-1;2-1-3/h1-6H2;/q;-1. The average molecular weight is 126 g/mol. The molecule has 0 aromatic heterocycles. The molecule has 0 N–H and O–H groups in total. The normalized spacial score (nSPS) is 16.9. The van der Waals surface area contributed by atoms with Gasteiger partial charge in [0.25, 0.3) is 0 Å². The molecule has 0 aromatic rings. The van der Waals surface area contributed by atoms with E-state index < -0.39 is 0 Å². The SMILES string of the molecule is C1CCCCC1.[N-]=C=O. The van der Waals surface area contributed by atoms with Crippen LogP contribution in [0.15, 0.2) is 0 Å². The molecule has 0 aliphatic heterocycles. The summed E-state index contributed by atoms with van der Waals surface area (Å²) in [7, 11) is 0. The van der Waals surface area contributed by atoms with E-state index in [1.165, 1.54) is 38.5 Å². The van der Waals surface area contributed by atoms with Crippen LogP contribution in [0.1, 0.15) is 38.5 Å². The van der Waals surface area contributed by atoms with Crippen LogP contribution < -0.4 is 0 Å². The van der Waals surface area contributed by atoms with E-state index in [4.69, 9.17) is 10.2 Å². The van der Waals surface area contributed by atoms with Gasteiger partial charge in [0.05, 0.1) is 0 Å². The van der Waals surface area contributed by atoms with Crippen LogP contribution in [0.3, 0.4) is 0 Å². The van der Waals surface area contributed by atoms with Gasteiger partial charge < -0.3 is 5.41 Å². The maximum atomic E-state index is 8.24. The fourth-order valence-corrected chi connectivity index (χ4v) is 1.06. The highest BCUT2D eigenvalue weighted by Crippen LogP contribution is 2.15. The van der Waals surface area contributed by atoms with Crippen LogP contribution in [0.25, 0.3) is 5.41 Å². The first kappa shape index (κ1) is 8.38. The van der Waals surface area contributed by atoms with Gasteiger partial charge in [-0.2, -0.15) is 0 Å². The minimum absolute atomic E-state index is 0.500. The number of rotatable bonds is 0. The van der Waals surface area contributed by atoms with Crippen LogP contribution in [0.5, 0.6) is 0 Å². The lowest BCUT2D eigenvalue weighted by atomic mass is 10.0. The molecule has 0 aromatic carbocycles. The summed E-state index contributed by atoms with van der Waals surface area (Å²) in [6, 6.07) is 0. The molecule has 2 nitrogen and oxygen atoms in total. The predicted octanol–water partition coefficient (Wildman–Crippen LogP) is 2.23. The smallest absolute Gasteiger partial charge is 0.0159 e. The Morgan fingerprint density at radius 3 is 1.11 bits per heavy atom. The first-order valence-electron chi connectivity index (χ1n) is 3.43. The summed E-state index contributed by atoms with van der Waals surface area (Å²) < 4.78 is 0. The predicted molar refractivity (Wildman–Crippen MR) is 36.8 cm³/mol. The van der Waals surface area contributed by atoms with E-state index in [0.29, 0.717) is 6.08 Å². The highest BCUT2D eigenvalue weighted by Gasteiger charge is 1.95. The van der Waals surface area contributed by atoms with Crippen molar-refractivity contribution >= 4 is 6.08 Å². The molecule has 1 saturated carbocycles. The largest absolute Gasteiger partial charge is 0.724 e. The van der Waals surface area contributed by atoms with E-state index in [1.807, 2.05) is 0 Å². The lowest BCUT2D eigenvalue weighted by Crippen LogP contribution is -1.85. The molecule has 0 radical (unpaired) electrons. The van der Waals surface area contributed by atoms with Crippen molar-refractivity contribution in [3.8, 4) is 0 Å². The Hall–Kier alpha value is -0.620. The van der Waals surface area contributed by atoms with Gasteiger partial charge in [0, 0.05) is 0 Å². The van der Waals surface area contributed by atoms with Crippen LogP contribution in [-0.2, 0) is 4.79 Å². The number of nitrogens with zero attached hydrogens (tertiary/aromatic N) is 1. The van der Waals surface area contributed by atoms with Crippen LogP contribution in [0.4, 0.5) is 0 Å². The van der Waals surface area contributed by atoms with Crippen molar-refractivity contribution in [3.63, 3.8) is 0 Å². The van der Waals surface area contributed by atoms with Crippen LogP contribution >= 0.6 is 0 Å². The van der Waals surface area contributed by atoms with Gasteiger partial charge in [-0.3, -0.25) is 4.79 Å². The maximum absolute atomic E-state index is 8.24. The molecular weight excluding hydrogens is 114 g/mol. The second-order valence-electron chi connectivity index (χ2n) is 2.21. The van der Waals surface area contributed by atoms with Crippen LogP contribution in [-0.4, -0.2) is 6.08 Å². The quantitative estimate of drug-likeness (QED) is 0.362. The Morgan fingerprint density at radius 2 is 1.00 bits per heavy atom. The zero-order valence-electron chi connectivity index (χ0n) is 5.60. The Labute approximate surface area is 55.8 Å². The molecular formula is C7H12NO-. The molecule has 0 heterocycles. The van der Waals surface area contributed by atoms with Gasteiger partial charge in [-0.15, -0.1) is 0 Å². The second kappa shape index (κ2) is 7.38. The molecule has 0 bridgehead atoms. The third-order valence-corrected chi connectivity index (χ3v) is 1.50. The molecule has 1 fully saturated rings. The van der Waals surface area contributed by atoms with E-state index in [9.17, 15) is 0 Å². The molecule has 2 heteroatoms. The number of hydrogen-bond acceptors (Lipinski definition) is 1. The lowest BCUT2D eigenvalue weighted by molar-refractivity contribution is 0.504. The Morgan fingerprint density at radius 1 is 0.889 bits per heavy atom. The molecule has 1 rings (SSSR count). The van der Waals surface area contributed by atoms with Crippen molar-refractivity contribution in [1.29, 1.82) is 0 Å². The van der Waals surface area contributed by atoms with Crippen molar-refractivity contribution < 1.29 is 4.79 Å². The molecule has 0 spiro atoms. The third-order valence-electron chi connectivity index (χ3n) is 1.50. The molecule has 0 amide bonds. The minimum Gasteiger partial charge on any atom is -0.724 e. The third kappa shape index (κ3) is 7.38. The second-order valence-corrected chi connectivity index (χ2v) is 2.21.